The van der Waals surface area contributed by atoms with Crippen molar-refractivity contribution in [3.63, 3.8) is 0 Å². The Morgan fingerprint density at radius 2 is 2.17 bits per heavy atom. The predicted octanol–water partition coefficient (Wildman–Crippen LogP) is 1.95. The van der Waals surface area contributed by atoms with Crippen LogP contribution >= 0.6 is 11.3 Å². The van der Waals surface area contributed by atoms with Crippen molar-refractivity contribution in [1.82, 2.24) is 24.4 Å². The quantitative estimate of drug-likeness (QED) is 0.769. The molecule has 0 aromatic carbocycles. The summed E-state index contributed by atoms with van der Waals surface area (Å²) in [6.45, 7) is 5.46. The van der Waals surface area contributed by atoms with E-state index in [1.165, 1.54) is 10.4 Å². The van der Waals surface area contributed by atoms with Gasteiger partial charge in [-0.05, 0) is 24.9 Å². The van der Waals surface area contributed by atoms with Crippen LogP contribution in [0.5, 0.6) is 0 Å². The third kappa shape index (κ3) is 2.67. The number of fused-ring (bicyclic) bond motifs is 3. The van der Waals surface area contributed by atoms with Crippen LogP contribution in [0.1, 0.15) is 29.6 Å². The van der Waals surface area contributed by atoms with Crippen LogP contribution in [-0.4, -0.2) is 25.6 Å². The lowest BCUT2D eigenvalue weighted by molar-refractivity contribution is 0.538. The standard InChI is InChI=1S/C17H21N5OS/c1-2-14-19-6-9-21(14)7-3-8-22-11-20-16-15(17(22)23)12-4-5-18-10-13(12)24-16/h6,9,11,18H,2-5,7-8,10H2,1H3. The maximum atomic E-state index is 12.9. The first-order valence-corrected chi connectivity index (χ1v) is 9.30. The van der Waals surface area contributed by atoms with Crippen LogP contribution in [0.25, 0.3) is 10.2 Å². The Labute approximate surface area is 144 Å². The Morgan fingerprint density at radius 1 is 1.29 bits per heavy atom. The number of aromatic nitrogens is 4. The molecule has 7 heteroatoms. The van der Waals surface area contributed by atoms with Crippen molar-refractivity contribution in [2.45, 2.75) is 45.8 Å². The molecule has 0 atom stereocenters. The van der Waals surface area contributed by atoms with Gasteiger partial charge in [0.25, 0.3) is 5.56 Å². The molecular formula is C17H21N5OS. The molecule has 0 unspecified atom stereocenters. The zero-order chi connectivity index (χ0) is 16.5. The van der Waals surface area contributed by atoms with Gasteiger partial charge in [0.2, 0.25) is 0 Å². The van der Waals surface area contributed by atoms with E-state index in [4.69, 9.17) is 0 Å². The minimum Gasteiger partial charge on any atom is -0.335 e. The molecule has 0 radical (unpaired) electrons. The first-order valence-electron chi connectivity index (χ1n) is 8.48. The van der Waals surface area contributed by atoms with Gasteiger partial charge in [-0.2, -0.15) is 0 Å². The molecule has 0 saturated heterocycles. The summed E-state index contributed by atoms with van der Waals surface area (Å²) in [6, 6.07) is 0. The second-order valence-corrected chi connectivity index (χ2v) is 7.18. The highest BCUT2D eigenvalue weighted by Crippen LogP contribution is 2.29. The van der Waals surface area contributed by atoms with Gasteiger partial charge >= 0.3 is 0 Å². The summed E-state index contributed by atoms with van der Waals surface area (Å²) >= 11 is 1.65. The average molecular weight is 343 g/mol. The fourth-order valence-electron chi connectivity index (χ4n) is 3.38. The molecular weight excluding hydrogens is 322 g/mol. The number of hydrogen-bond acceptors (Lipinski definition) is 5. The molecule has 3 aromatic heterocycles. The number of rotatable bonds is 5. The van der Waals surface area contributed by atoms with Gasteiger partial charge in [-0.3, -0.25) is 9.36 Å². The van der Waals surface area contributed by atoms with Gasteiger partial charge in [0, 0.05) is 43.3 Å². The Bertz CT molecular complexity index is 923. The summed E-state index contributed by atoms with van der Waals surface area (Å²) in [5.41, 5.74) is 1.32. The lowest BCUT2D eigenvalue weighted by Crippen LogP contribution is -2.25. The van der Waals surface area contributed by atoms with Crippen molar-refractivity contribution in [2.24, 2.45) is 0 Å². The summed E-state index contributed by atoms with van der Waals surface area (Å²) in [7, 11) is 0. The first-order chi connectivity index (χ1) is 11.8. The molecule has 0 bridgehead atoms. The Balaban J connectivity index is 1.56. The highest BCUT2D eigenvalue weighted by Gasteiger charge is 2.19. The molecule has 4 heterocycles. The lowest BCUT2D eigenvalue weighted by atomic mass is 10.1. The number of nitrogens with zero attached hydrogens (tertiary/aromatic N) is 4. The van der Waals surface area contributed by atoms with Crippen molar-refractivity contribution in [2.75, 3.05) is 6.54 Å². The Kier molecular flexibility index (Phi) is 4.20. The maximum Gasteiger partial charge on any atom is 0.262 e. The van der Waals surface area contributed by atoms with Crippen LogP contribution in [0.4, 0.5) is 0 Å². The zero-order valence-electron chi connectivity index (χ0n) is 13.8. The molecule has 0 spiro atoms. The molecule has 0 amide bonds. The van der Waals surface area contributed by atoms with Gasteiger partial charge in [0.1, 0.15) is 10.7 Å². The average Bonchev–Trinajstić information content (AvgIpc) is 3.20. The SMILES string of the molecule is CCc1nccn1CCCn1cnc2sc3c(c2c1=O)CCNC3. The fourth-order valence-corrected chi connectivity index (χ4v) is 4.53. The first kappa shape index (κ1) is 15.5. The van der Waals surface area contributed by atoms with Crippen LogP contribution in [0.15, 0.2) is 23.5 Å². The fraction of sp³-hybridized carbons (Fsp3) is 0.471. The van der Waals surface area contributed by atoms with E-state index in [2.05, 4.69) is 26.8 Å². The van der Waals surface area contributed by atoms with Gasteiger partial charge in [-0.25, -0.2) is 9.97 Å². The summed E-state index contributed by atoms with van der Waals surface area (Å²) in [5.74, 6) is 1.09. The number of aryl methyl sites for hydroxylation is 3. The number of imidazole rings is 1. The van der Waals surface area contributed by atoms with E-state index < -0.39 is 0 Å². The van der Waals surface area contributed by atoms with Crippen LogP contribution in [0.2, 0.25) is 0 Å². The second kappa shape index (κ2) is 6.49. The zero-order valence-corrected chi connectivity index (χ0v) is 14.6. The molecule has 0 fully saturated rings. The minimum atomic E-state index is 0.112. The van der Waals surface area contributed by atoms with E-state index in [0.717, 1.165) is 54.9 Å². The third-order valence-corrected chi connectivity index (χ3v) is 5.75. The molecule has 1 aliphatic heterocycles. The molecule has 1 aliphatic rings. The molecule has 0 saturated carbocycles. The van der Waals surface area contributed by atoms with Crippen LogP contribution in [0.3, 0.4) is 0 Å². The van der Waals surface area contributed by atoms with Crippen molar-refractivity contribution in [3.8, 4) is 0 Å². The van der Waals surface area contributed by atoms with E-state index in [0.29, 0.717) is 6.54 Å². The predicted molar refractivity (Wildman–Crippen MR) is 95.5 cm³/mol. The summed E-state index contributed by atoms with van der Waals surface area (Å²) < 4.78 is 3.93. The number of thiophene rings is 1. The van der Waals surface area contributed by atoms with E-state index >= 15 is 0 Å². The van der Waals surface area contributed by atoms with Crippen LogP contribution in [-0.2, 0) is 32.5 Å². The smallest absolute Gasteiger partial charge is 0.262 e. The van der Waals surface area contributed by atoms with Crippen LogP contribution in [0, 0.1) is 0 Å². The molecule has 6 nitrogen and oxygen atoms in total. The van der Waals surface area contributed by atoms with Crippen molar-refractivity contribution in [1.29, 1.82) is 0 Å². The van der Waals surface area contributed by atoms with E-state index in [1.54, 1.807) is 22.2 Å². The topological polar surface area (TPSA) is 64.7 Å². The lowest BCUT2D eigenvalue weighted by Gasteiger charge is -2.12. The van der Waals surface area contributed by atoms with E-state index in [9.17, 15) is 4.79 Å². The summed E-state index contributed by atoms with van der Waals surface area (Å²) in [5, 5.41) is 4.21. The summed E-state index contributed by atoms with van der Waals surface area (Å²) in [6.07, 6.45) is 8.29. The summed E-state index contributed by atoms with van der Waals surface area (Å²) in [4.78, 5) is 23.9. The highest BCUT2D eigenvalue weighted by atomic mass is 32.1. The number of hydrogen-bond donors (Lipinski definition) is 1. The number of nitrogens with one attached hydrogen (secondary N) is 1. The second-order valence-electron chi connectivity index (χ2n) is 6.10. The van der Waals surface area contributed by atoms with Crippen molar-refractivity contribution < 1.29 is 0 Å². The monoisotopic (exact) mass is 343 g/mol. The highest BCUT2D eigenvalue weighted by molar-refractivity contribution is 7.18. The van der Waals surface area contributed by atoms with Gasteiger partial charge in [0.05, 0.1) is 11.7 Å². The maximum absolute atomic E-state index is 12.9. The van der Waals surface area contributed by atoms with Gasteiger partial charge in [-0.1, -0.05) is 6.92 Å². The molecule has 126 valence electrons. The molecule has 1 N–H and O–H groups in total. The largest absolute Gasteiger partial charge is 0.335 e. The minimum absolute atomic E-state index is 0.112. The van der Waals surface area contributed by atoms with E-state index in [-0.39, 0.29) is 5.56 Å². The van der Waals surface area contributed by atoms with Gasteiger partial charge in [-0.15, -0.1) is 11.3 Å². The van der Waals surface area contributed by atoms with Gasteiger partial charge in [0.15, 0.2) is 0 Å². The Hall–Kier alpha value is -1.99. The molecule has 0 aliphatic carbocycles. The molecule has 3 aromatic rings. The van der Waals surface area contributed by atoms with Crippen molar-refractivity contribution in [3.05, 3.63) is 45.3 Å². The van der Waals surface area contributed by atoms with Crippen LogP contribution < -0.4 is 10.9 Å². The Morgan fingerprint density at radius 3 is 3.04 bits per heavy atom. The third-order valence-electron chi connectivity index (χ3n) is 4.61. The molecule has 4 rings (SSSR count). The van der Waals surface area contributed by atoms with E-state index in [1.807, 2.05) is 12.4 Å². The van der Waals surface area contributed by atoms with Gasteiger partial charge < -0.3 is 9.88 Å². The van der Waals surface area contributed by atoms with Crippen molar-refractivity contribution >= 4 is 21.6 Å². The molecule has 24 heavy (non-hydrogen) atoms. The normalized spacial score (nSPS) is 14.2.